The number of halogens is 2. The normalized spacial score (nSPS) is 10.1. The standard InChI is InChI=1S/C11H6ClFN2O3/c12-7-1-2-9(8(13)3-7)18-11-14-4-6(5-15-11)10(16)17/h1-5H,(H,16,17). The number of carbonyl (C=O) groups is 1. The number of benzene rings is 1. The van der Waals surface area contributed by atoms with Crippen LogP contribution in [0.5, 0.6) is 11.8 Å². The molecule has 0 radical (unpaired) electrons. The van der Waals surface area contributed by atoms with Crippen molar-refractivity contribution in [1.29, 1.82) is 0 Å². The first kappa shape index (κ1) is 12.3. The summed E-state index contributed by atoms with van der Waals surface area (Å²) in [6.07, 6.45) is 2.14. The Morgan fingerprint density at radius 2 is 2.00 bits per heavy atom. The van der Waals surface area contributed by atoms with Gasteiger partial charge in [0.2, 0.25) is 0 Å². The number of carboxylic acid groups (broad SMARTS) is 1. The first-order chi connectivity index (χ1) is 8.56. The van der Waals surface area contributed by atoms with Crippen LogP contribution in [0.1, 0.15) is 10.4 Å². The van der Waals surface area contributed by atoms with Crippen molar-refractivity contribution in [2.24, 2.45) is 0 Å². The quantitative estimate of drug-likeness (QED) is 0.927. The molecule has 0 saturated carbocycles. The summed E-state index contributed by atoms with van der Waals surface area (Å²) < 4.78 is 18.4. The third-order valence-electron chi connectivity index (χ3n) is 1.97. The van der Waals surface area contributed by atoms with Crippen molar-refractivity contribution in [3.05, 3.63) is 47.0 Å². The largest absolute Gasteiger partial charge is 0.478 e. The van der Waals surface area contributed by atoms with E-state index in [2.05, 4.69) is 9.97 Å². The Bertz CT molecular complexity index is 589. The summed E-state index contributed by atoms with van der Waals surface area (Å²) in [5.74, 6) is -1.91. The zero-order valence-electron chi connectivity index (χ0n) is 8.80. The molecule has 7 heteroatoms. The van der Waals surface area contributed by atoms with Gasteiger partial charge in [0.1, 0.15) is 0 Å². The minimum Gasteiger partial charge on any atom is -0.478 e. The highest BCUT2D eigenvalue weighted by Gasteiger charge is 2.09. The van der Waals surface area contributed by atoms with Crippen LogP contribution < -0.4 is 4.74 Å². The predicted molar refractivity (Wildman–Crippen MR) is 60.5 cm³/mol. The molecule has 1 heterocycles. The van der Waals surface area contributed by atoms with Gasteiger partial charge in [0.15, 0.2) is 11.6 Å². The Balaban J connectivity index is 2.21. The van der Waals surface area contributed by atoms with E-state index in [9.17, 15) is 9.18 Å². The summed E-state index contributed by atoms with van der Waals surface area (Å²) in [7, 11) is 0. The second-order valence-electron chi connectivity index (χ2n) is 3.24. The summed E-state index contributed by atoms with van der Waals surface area (Å²) in [6, 6.07) is 3.71. The van der Waals surface area contributed by atoms with E-state index in [1.807, 2.05) is 0 Å². The Hall–Kier alpha value is -2.21. The van der Waals surface area contributed by atoms with Gasteiger partial charge in [-0.1, -0.05) is 11.6 Å². The molecule has 2 rings (SSSR count). The molecule has 0 amide bonds. The summed E-state index contributed by atoms with van der Waals surface area (Å²) in [4.78, 5) is 17.9. The van der Waals surface area contributed by atoms with Crippen molar-refractivity contribution in [3.8, 4) is 11.8 Å². The number of aromatic nitrogens is 2. The van der Waals surface area contributed by atoms with Gasteiger partial charge in [-0.3, -0.25) is 0 Å². The van der Waals surface area contributed by atoms with Crippen LogP contribution in [0.15, 0.2) is 30.6 Å². The van der Waals surface area contributed by atoms with Crippen LogP contribution >= 0.6 is 11.6 Å². The van der Waals surface area contributed by atoms with Crippen molar-refractivity contribution in [2.75, 3.05) is 0 Å². The fourth-order valence-electron chi connectivity index (χ4n) is 1.14. The molecule has 0 atom stereocenters. The van der Waals surface area contributed by atoms with Crippen molar-refractivity contribution in [1.82, 2.24) is 9.97 Å². The van der Waals surface area contributed by atoms with E-state index in [0.717, 1.165) is 18.5 Å². The highest BCUT2D eigenvalue weighted by molar-refractivity contribution is 6.30. The smallest absolute Gasteiger partial charge is 0.338 e. The maximum Gasteiger partial charge on any atom is 0.338 e. The van der Waals surface area contributed by atoms with Crippen LogP contribution in [-0.4, -0.2) is 21.0 Å². The number of ether oxygens (including phenoxy) is 1. The number of aromatic carboxylic acids is 1. The molecule has 1 N–H and O–H groups in total. The summed E-state index contributed by atoms with van der Waals surface area (Å²) in [6.45, 7) is 0. The van der Waals surface area contributed by atoms with Crippen molar-refractivity contribution >= 4 is 17.6 Å². The van der Waals surface area contributed by atoms with Crippen molar-refractivity contribution in [2.45, 2.75) is 0 Å². The molecule has 1 aromatic heterocycles. The highest BCUT2D eigenvalue weighted by Crippen LogP contribution is 2.24. The molecule has 0 aliphatic rings. The first-order valence-electron chi connectivity index (χ1n) is 4.74. The van der Waals surface area contributed by atoms with Crippen molar-refractivity contribution < 1.29 is 19.0 Å². The number of hydrogen-bond donors (Lipinski definition) is 1. The molecule has 0 fully saturated rings. The lowest BCUT2D eigenvalue weighted by Crippen LogP contribution is -2.00. The molecule has 0 unspecified atom stereocenters. The molecule has 0 spiro atoms. The van der Waals surface area contributed by atoms with E-state index in [1.165, 1.54) is 12.1 Å². The van der Waals surface area contributed by atoms with E-state index in [1.54, 1.807) is 0 Å². The van der Waals surface area contributed by atoms with Crippen LogP contribution in [0.3, 0.4) is 0 Å². The summed E-state index contributed by atoms with van der Waals surface area (Å²) in [5, 5.41) is 8.88. The molecule has 0 bridgehead atoms. The minimum atomic E-state index is -1.15. The first-order valence-corrected chi connectivity index (χ1v) is 5.12. The monoisotopic (exact) mass is 268 g/mol. The lowest BCUT2D eigenvalue weighted by atomic mass is 10.3. The fraction of sp³-hybridized carbons (Fsp3) is 0. The molecule has 5 nitrogen and oxygen atoms in total. The van der Waals surface area contributed by atoms with Gasteiger partial charge in [-0.05, 0) is 18.2 Å². The molecule has 2 aromatic rings. The lowest BCUT2D eigenvalue weighted by Gasteiger charge is -2.04. The molecule has 0 aliphatic heterocycles. The molecular weight excluding hydrogens is 263 g/mol. The Morgan fingerprint density at radius 1 is 1.33 bits per heavy atom. The van der Waals surface area contributed by atoms with Gasteiger partial charge in [-0.2, -0.15) is 0 Å². The second kappa shape index (κ2) is 4.97. The number of nitrogens with zero attached hydrogens (tertiary/aromatic N) is 2. The van der Waals surface area contributed by atoms with Crippen LogP contribution in [-0.2, 0) is 0 Å². The zero-order chi connectivity index (χ0) is 13.1. The predicted octanol–water partition coefficient (Wildman–Crippen LogP) is 2.76. The molecule has 0 saturated heterocycles. The van der Waals surface area contributed by atoms with E-state index in [4.69, 9.17) is 21.4 Å². The van der Waals surface area contributed by atoms with E-state index in [0.29, 0.717) is 0 Å². The van der Waals surface area contributed by atoms with Crippen molar-refractivity contribution in [3.63, 3.8) is 0 Å². The molecule has 18 heavy (non-hydrogen) atoms. The Labute approximate surface area is 106 Å². The topological polar surface area (TPSA) is 72.3 Å². The average molecular weight is 269 g/mol. The van der Waals surface area contributed by atoms with Crippen LogP contribution in [0.2, 0.25) is 5.02 Å². The third-order valence-corrected chi connectivity index (χ3v) is 2.21. The van der Waals surface area contributed by atoms with Gasteiger partial charge >= 0.3 is 12.0 Å². The maximum absolute atomic E-state index is 13.4. The molecule has 92 valence electrons. The molecule has 1 aromatic carbocycles. The molecule has 0 aliphatic carbocycles. The van der Waals surface area contributed by atoms with E-state index < -0.39 is 11.8 Å². The van der Waals surface area contributed by atoms with Gasteiger partial charge < -0.3 is 9.84 Å². The van der Waals surface area contributed by atoms with Gasteiger partial charge in [-0.25, -0.2) is 19.2 Å². The Morgan fingerprint density at radius 3 is 2.56 bits per heavy atom. The average Bonchev–Trinajstić information content (AvgIpc) is 2.33. The zero-order valence-corrected chi connectivity index (χ0v) is 9.56. The van der Waals surface area contributed by atoms with E-state index >= 15 is 0 Å². The van der Waals surface area contributed by atoms with Gasteiger partial charge in [-0.15, -0.1) is 0 Å². The van der Waals surface area contributed by atoms with Gasteiger partial charge in [0.05, 0.1) is 5.56 Å². The van der Waals surface area contributed by atoms with Crippen LogP contribution in [0, 0.1) is 5.82 Å². The number of carboxylic acids is 1. The van der Waals surface area contributed by atoms with Gasteiger partial charge in [0.25, 0.3) is 0 Å². The number of rotatable bonds is 3. The van der Waals surface area contributed by atoms with E-state index in [-0.39, 0.29) is 22.3 Å². The fourth-order valence-corrected chi connectivity index (χ4v) is 1.29. The summed E-state index contributed by atoms with van der Waals surface area (Å²) in [5.41, 5.74) is -0.0843. The number of hydrogen-bond acceptors (Lipinski definition) is 4. The second-order valence-corrected chi connectivity index (χ2v) is 3.67. The lowest BCUT2D eigenvalue weighted by molar-refractivity contribution is 0.0696. The van der Waals surface area contributed by atoms with Crippen LogP contribution in [0.4, 0.5) is 4.39 Å². The summed E-state index contributed by atoms with van der Waals surface area (Å²) >= 11 is 5.58. The molecular formula is C11H6ClFN2O3. The third kappa shape index (κ3) is 2.72. The van der Waals surface area contributed by atoms with Gasteiger partial charge in [0, 0.05) is 17.4 Å². The Kier molecular flexibility index (Phi) is 3.38. The van der Waals surface area contributed by atoms with Crippen LogP contribution in [0.25, 0.3) is 0 Å². The SMILES string of the molecule is O=C(O)c1cnc(Oc2ccc(Cl)cc2F)nc1. The highest BCUT2D eigenvalue weighted by atomic mass is 35.5. The minimum absolute atomic E-state index is 0.0843. The maximum atomic E-state index is 13.4.